The molecule has 0 amide bonds. The highest BCUT2D eigenvalue weighted by Crippen LogP contribution is 2.31. The lowest BCUT2D eigenvalue weighted by molar-refractivity contribution is 0.0884. The number of likely N-dealkylation sites (N-methyl/N-ethyl adjacent to an activating group) is 1. The molecule has 1 fully saturated rings. The van der Waals surface area contributed by atoms with Crippen molar-refractivity contribution in [1.29, 1.82) is 0 Å². The van der Waals surface area contributed by atoms with Crippen LogP contribution in [-0.4, -0.2) is 72.5 Å². The van der Waals surface area contributed by atoms with Crippen molar-refractivity contribution >= 4 is 17.5 Å². The van der Waals surface area contributed by atoms with E-state index in [1.54, 1.807) is 27.2 Å². The number of hydrogen-bond donors (Lipinski definition) is 2. The number of aliphatic hydroxyl groups is 1. The predicted molar refractivity (Wildman–Crippen MR) is 124 cm³/mol. The highest BCUT2D eigenvalue weighted by molar-refractivity contribution is 5.60. The van der Waals surface area contributed by atoms with E-state index >= 15 is 0 Å². The number of nitrogens with zero attached hydrogens (tertiary/aromatic N) is 4. The number of nitrogens with one attached hydrogen (secondary N) is 1. The lowest BCUT2D eigenvalue weighted by atomic mass is 10.1. The Bertz CT molecular complexity index is 834. The van der Waals surface area contributed by atoms with Crippen molar-refractivity contribution < 1.29 is 14.6 Å². The summed E-state index contributed by atoms with van der Waals surface area (Å²) in [6, 6.07) is 7.51. The molecule has 2 N–H and O–H groups in total. The summed E-state index contributed by atoms with van der Waals surface area (Å²) in [6.45, 7) is 8.12. The molecule has 0 unspecified atom stereocenters. The van der Waals surface area contributed by atoms with Crippen molar-refractivity contribution in [1.82, 2.24) is 14.9 Å². The second-order valence-electron chi connectivity index (χ2n) is 8.65. The Morgan fingerprint density at radius 2 is 1.97 bits per heavy atom. The highest BCUT2D eigenvalue weighted by atomic mass is 16.5. The van der Waals surface area contributed by atoms with Crippen molar-refractivity contribution in [3.63, 3.8) is 0 Å². The molecule has 8 heteroatoms. The lowest BCUT2D eigenvalue weighted by Crippen LogP contribution is -2.36. The maximum absolute atomic E-state index is 10.1. The molecule has 1 aliphatic heterocycles. The molecular weight excluding hydrogens is 394 g/mol. The Morgan fingerprint density at radius 3 is 2.68 bits per heavy atom. The van der Waals surface area contributed by atoms with Gasteiger partial charge in [-0.15, -0.1) is 0 Å². The number of methoxy groups -OCH3 is 1. The minimum absolute atomic E-state index is 0.460. The standard InChI is InChI=1S/C23H35N5O3/c1-23(2,29)17-27(3)21-10-11-24-22(26-21)25-18-8-9-19(30-4)20(16-18)31-15-7-14-28-12-5-6-13-28/h8-11,16,29H,5-7,12-15,17H2,1-4H3,(H,24,25,26). The van der Waals surface area contributed by atoms with Crippen molar-refractivity contribution in [3.05, 3.63) is 30.5 Å². The van der Waals surface area contributed by atoms with Crippen LogP contribution >= 0.6 is 0 Å². The summed E-state index contributed by atoms with van der Waals surface area (Å²) in [5.41, 5.74) is 0.00207. The molecule has 0 spiro atoms. The summed E-state index contributed by atoms with van der Waals surface area (Å²) in [6.07, 6.45) is 5.29. The molecule has 31 heavy (non-hydrogen) atoms. The number of benzene rings is 1. The van der Waals surface area contributed by atoms with Gasteiger partial charge in [-0.25, -0.2) is 4.98 Å². The van der Waals surface area contributed by atoms with Crippen LogP contribution in [0.4, 0.5) is 17.5 Å². The van der Waals surface area contributed by atoms with Gasteiger partial charge in [0, 0.05) is 38.1 Å². The molecule has 1 saturated heterocycles. The first-order valence-corrected chi connectivity index (χ1v) is 10.9. The SMILES string of the molecule is COc1ccc(Nc2nccc(N(C)CC(C)(C)O)n2)cc1OCCCN1CCCC1. The summed E-state index contributed by atoms with van der Waals surface area (Å²) in [7, 11) is 3.54. The summed E-state index contributed by atoms with van der Waals surface area (Å²) >= 11 is 0. The molecule has 0 radical (unpaired) electrons. The van der Waals surface area contributed by atoms with Gasteiger partial charge in [0.05, 0.1) is 19.3 Å². The van der Waals surface area contributed by atoms with E-state index in [0.29, 0.717) is 30.6 Å². The fourth-order valence-corrected chi connectivity index (χ4v) is 3.76. The molecule has 2 aromatic rings. The molecule has 170 valence electrons. The van der Waals surface area contributed by atoms with Crippen LogP contribution in [-0.2, 0) is 0 Å². The van der Waals surface area contributed by atoms with Crippen LogP contribution in [0.15, 0.2) is 30.5 Å². The third kappa shape index (κ3) is 7.25. The van der Waals surface area contributed by atoms with Crippen LogP contribution in [0, 0.1) is 0 Å². The van der Waals surface area contributed by atoms with Gasteiger partial charge >= 0.3 is 0 Å². The van der Waals surface area contributed by atoms with Crippen molar-refractivity contribution in [2.45, 2.75) is 38.7 Å². The van der Waals surface area contributed by atoms with Gasteiger partial charge in [0.1, 0.15) is 5.82 Å². The smallest absolute Gasteiger partial charge is 0.229 e. The zero-order valence-corrected chi connectivity index (χ0v) is 19.1. The van der Waals surface area contributed by atoms with Crippen molar-refractivity contribution in [3.8, 4) is 11.5 Å². The number of aromatic nitrogens is 2. The number of ether oxygens (including phenoxy) is 2. The second kappa shape index (κ2) is 10.6. The highest BCUT2D eigenvalue weighted by Gasteiger charge is 2.17. The van der Waals surface area contributed by atoms with Crippen LogP contribution in [0.5, 0.6) is 11.5 Å². The van der Waals surface area contributed by atoms with Gasteiger partial charge in [-0.05, 0) is 64.4 Å². The van der Waals surface area contributed by atoms with Crippen LogP contribution < -0.4 is 19.7 Å². The van der Waals surface area contributed by atoms with E-state index in [1.807, 2.05) is 36.2 Å². The molecule has 1 aliphatic rings. The number of rotatable bonds is 11. The fraction of sp³-hybridized carbons (Fsp3) is 0.565. The van der Waals surface area contributed by atoms with Gasteiger partial charge in [-0.1, -0.05) is 0 Å². The average Bonchev–Trinajstić information content (AvgIpc) is 3.24. The Balaban J connectivity index is 1.62. The van der Waals surface area contributed by atoms with Gasteiger partial charge in [-0.2, -0.15) is 4.98 Å². The zero-order valence-electron chi connectivity index (χ0n) is 19.1. The molecule has 1 aromatic heterocycles. The first kappa shape index (κ1) is 23.1. The van der Waals surface area contributed by atoms with E-state index in [-0.39, 0.29) is 0 Å². The minimum Gasteiger partial charge on any atom is -0.493 e. The minimum atomic E-state index is -0.815. The number of likely N-dealkylation sites (tertiary alicyclic amines) is 1. The van der Waals surface area contributed by atoms with Gasteiger partial charge in [0.15, 0.2) is 11.5 Å². The average molecular weight is 430 g/mol. The first-order valence-electron chi connectivity index (χ1n) is 10.9. The van der Waals surface area contributed by atoms with Crippen molar-refractivity contribution in [2.75, 3.05) is 57.2 Å². The largest absolute Gasteiger partial charge is 0.493 e. The monoisotopic (exact) mass is 429 g/mol. The Kier molecular flexibility index (Phi) is 7.92. The molecule has 0 bridgehead atoms. The van der Waals surface area contributed by atoms with Gasteiger partial charge in [0.25, 0.3) is 0 Å². The third-order valence-electron chi connectivity index (χ3n) is 5.15. The van der Waals surface area contributed by atoms with Crippen LogP contribution in [0.3, 0.4) is 0 Å². The molecule has 0 atom stereocenters. The zero-order chi connectivity index (χ0) is 22.3. The summed E-state index contributed by atoms with van der Waals surface area (Å²) in [5.74, 6) is 2.60. The fourth-order valence-electron chi connectivity index (χ4n) is 3.76. The maximum atomic E-state index is 10.1. The van der Waals surface area contributed by atoms with Crippen LogP contribution in [0.1, 0.15) is 33.1 Å². The maximum Gasteiger partial charge on any atom is 0.229 e. The molecule has 0 saturated carbocycles. The van der Waals surface area contributed by atoms with E-state index in [1.165, 1.54) is 25.9 Å². The van der Waals surface area contributed by atoms with E-state index in [0.717, 1.165) is 24.5 Å². The predicted octanol–water partition coefficient (Wildman–Crippen LogP) is 3.30. The summed E-state index contributed by atoms with van der Waals surface area (Å²) in [5, 5.41) is 13.3. The molecule has 2 heterocycles. The van der Waals surface area contributed by atoms with Gasteiger partial charge in [0.2, 0.25) is 5.95 Å². The summed E-state index contributed by atoms with van der Waals surface area (Å²) < 4.78 is 11.5. The second-order valence-corrected chi connectivity index (χ2v) is 8.65. The first-order chi connectivity index (χ1) is 14.8. The lowest BCUT2D eigenvalue weighted by Gasteiger charge is -2.26. The summed E-state index contributed by atoms with van der Waals surface area (Å²) in [4.78, 5) is 13.3. The molecule has 1 aromatic carbocycles. The molecule has 0 aliphatic carbocycles. The Labute approximate surface area is 185 Å². The van der Waals surface area contributed by atoms with E-state index in [9.17, 15) is 5.11 Å². The number of anilines is 3. The van der Waals surface area contributed by atoms with E-state index < -0.39 is 5.60 Å². The van der Waals surface area contributed by atoms with Gasteiger partial charge in [-0.3, -0.25) is 0 Å². The van der Waals surface area contributed by atoms with E-state index in [2.05, 4.69) is 20.2 Å². The molecule has 8 nitrogen and oxygen atoms in total. The van der Waals surface area contributed by atoms with Crippen molar-refractivity contribution in [2.24, 2.45) is 0 Å². The van der Waals surface area contributed by atoms with Gasteiger partial charge < -0.3 is 29.7 Å². The topological polar surface area (TPSA) is 83.0 Å². The van der Waals surface area contributed by atoms with E-state index in [4.69, 9.17) is 9.47 Å². The normalized spacial score (nSPS) is 14.5. The van der Waals surface area contributed by atoms with Crippen LogP contribution in [0.2, 0.25) is 0 Å². The number of hydrogen-bond acceptors (Lipinski definition) is 8. The Morgan fingerprint density at radius 1 is 1.19 bits per heavy atom. The van der Waals surface area contributed by atoms with Crippen LogP contribution in [0.25, 0.3) is 0 Å². The third-order valence-corrected chi connectivity index (χ3v) is 5.15. The molecular formula is C23H35N5O3. The Hall–Kier alpha value is -2.58. The molecule has 3 rings (SSSR count). The quantitative estimate of drug-likeness (QED) is 0.527.